The van der Waals surface area contributed by atoms with E-state index >= 15 is 0 Å². The molecule has 7 heteroatoms. The van der Waals surface area contributed by atoms with Crippen LogP contribution in [0.2, 0.25) is 0 Å². The molecule has 0 fully saturated rings. The summed E-state index contributed by atoms with van der Waals surface area (Å²) >= 11 is 0. The fourth-order valence-corrected chi connectivity index (χ4v) is 2.62. The number of nitrogens with zero attached hydrogens (tertiary/aromatic N) is 1. The van der Waals surface area contributed by atoms with Crippen molar-refractivity contribution in [1.82, 2.24) is 10.2 Å². The van der Waals surface area contributed by atoms with Gasteiger partial charge in [0.2, 0.25) is 0 Å². The van der Waals surface area contributed by atoms with Crippen LogP contribution < -0.4 is 10.5 Å². The molecule has 0 radical (unpaired) electrons. The minimum Gasteiger partial charge on any atom is -0.397 e. The second kappa shape index (κ2) is 4.34. The van der Waals surface area contributed by atoms with E-state index in [1.54, 1.807) is 6.07 Å². The number of hydrogen-bond acceptors (Lipinski definition) is 4. The number of aryl methyl sites for hydroxylation is 1. The molecule has 1 aromatic heterocycles. The Morgan fingerprint density at radius 3 is 2.61 bits per heavy atom. The zero-order valence-corrected chi connectivity index (χ0v) is 10.9. The van der Waals surface area contributed by atoms with Crippen LogP contribution in [0, 0.1) is 13.8 Å². The van der Waals surface area contributed by atoms with E-state index in [1.165, 1.54) is 12.3 Å². The van der Waals surface area contributed by atoms with Crippen molar-refractivity contribution in [3.8, 4) is 0 Å². The van der Waals surface area contributed by atoms with Crippen molar-refractivity contribution in [3.63, 3.8) is 0 Å². The summed E-state index contributed by atoms with van der Waals surface area (Å²) in [4.78, 5) is 0. The van der Waals surface area contributed by atoms with Crippen LogP contribution in [0.4, 0.5) is 11.4 Å². The fraction of sp³-hybridized carbons (Fsp3) is 0.182. The molecule has 2 rings (SSSR count). The van der Waals surface area contributed by atoms with Gasteiger partial charge in [-0.05, 0) is 37.1 Å². The maximum atomic E-state index is 12.0. The molecular weight excluding hydrogens is 252 g/mol. The first-order chi connectivity index (χ1) is 8.42. The van der Waals surface area contributed by atoms with Crippen molar-refractivity contribution in [2.45, 2.75) is 18.9 Å². The summed E-state index contributed by atoms with van der Waals surface area (Å²) in [6.07, 6.45) is 1.38. The highest BCUT2D eigenvalue weighted by Gasteiger charge is 2.18. The van der Waals surface area contributed by atoms with Gasteiger partial charge in [-0.1, -0.05) is 6.07 Å². The van der Waals surface area contributed by atoms with Crippen molar-refractivity contribution >= 4 is 21.4 Å². The number of rotatable bonds is 3. The highest BCUT2D eigenvalue weighted by molar-refractivity contribution is 7.92. The lowest BCUT2D eigenvalue weighted by Gasteiger charge is -2.13. The van der Waals surface area contributed by atoms with Crippen LogP contribution in [0.5, 0.6) is 0 Å². The number of aromatic amines is 1. The average molecular weight is 266 g/mol. The first-order valence-electron chi connectivity index (χ1n) is 5.29. The van der Waals surface area contributed by atoms with E-state index in [1.807, 2.05) is 19.9 Å². The second-order valence-corrected chi connectivity index (χ2v) is 5.65. The highest BCUT2D eigenvalue weighted by atomic mass is 32.2. The number of sulfonamides is 1. The molecule has 0 aliphatic rings. The molecule has 0 spiro atoms. The molecule has 0 saturated carbocycles. The Kier molecular flexibility index (Phi) is 3.00. The van der Waals surface area contributed by atoms with Crippen molar-refractivity contribution in [3.05, 3.63) is 35.5 Å². The Bertz CT molecular complexity index is 663. The molecule has 0 saturated heterocycles. The average Bonchev–Trinajstić information content (AvgIpc) is 2.84. The lowest BCUT2D eigenvalue weighted by Crippen LogP contribution is -2.15. The van der Waals surface area contributed by atoms with Gasteiger partial charge in [-0.2, -0.15) is 13.5 Å². The predicted molar refractivity (Wildman–Crippen MR) is 69.7 cm³/mol. The van der Waals surface area contributed by atoms with Crippen molar-refractivity contribution < 1.29 is 8.42 Å². The van der Waals surface area contributed by atoms with E-state index in [9.17, 15) is 8.42 Å². The molecule has 0 bridgehead atoms. The summed E-state index contributed by atoms with van der Waals surface area (Å²) in [6.45, 7) is 3.71. The molecule has 1 heterocycles. The number of nitrogens with one attached hydrogen (secondary N) is 2. The Labute approximate surface area is 105 Å². The summed E-state index contributed by atoms with van der Waals surface area (Å²) in [5.41, 5.74) is 8.36. The number of anilines is 2. The third-order valence-corrected chi connectivity index (χ3v) is 4.05. The first kappa shape index (κ1) is 12.4. The maximum Gasteiger partial charge on any atom is 0.278 e. The molecule has 4 N–H and O–H groups in total. The highest BCUT2D eigenvalue weighted by Crippen LogP contribution is 2.27. The number of benzene rings is 1. The van der Waals surface area contributed by atoms with Gasteiger partial charge in [0.05, 0.1) is 17.6 Å². The molecule has 2 aromatic rings. The van der Waals surface area contributed by atoms with E-state index in [2.05, 4.69) is 14.9 Å². The Morgan fingerprint density at radius 1 is 1.28 bits per heavy atom. The van der Waals surface area contributed by atoms with E-state index in [0.717, 1.165) is 11.1 Å². The summed E-state index contributed by atoms with van der Waals surface area (Å²) in [5.74, 6) is 0. The van der Waals surface area contributed by atoms with Gasteiger partial charge in [-0.3, -0.25) is 9.82 Å². The van der Waals surface area contributed by atoms with Crippen LogP contribution in [0.15, 0.2) is 29.4 Å². The molecule has 0 amide bonds. The topological polar surface area (TPSA) is 101 Å². The lowest BCUT2D eigenvalue weighted by molar-refractivity contribution is 0.597. The van der Waals surface area contributed by atoms with Crippen LogP contribution in [0.25, 0.3) is 0 Å². The Balaban J connectivity index is 2.45. The minimum atomic E-state index is -3.68. The van der Waals surface area contributed by atoms with E-state index in [-0.39, 0.29) is 5.03 Å². The first-order valence-corrected chi connectivity index (χ1v) is 6.78. The standard InChI is InChI=1S/C11H14N4O2S/c1-7-3-4-9(12)11(8(7)2)15-18(16,17)10-5-6-13-14-10/h3-6,15H,12H2,1-2H3,(H,13,14). The maximum absolute atomic E-state index is 12.0. The van der Waals surface area contributed by atoms with Crippen LogP contribution in [-0.2, 0) is 10.0 Å². The van der Waals surface area contributed by atoms with Crippen LogP contribution in [-0.4, -0.2) is 18.6 Å². The SMILES string of the molecule is Cc1ccc(N)c(NS(=O)(=O)c2ccn[nH]2)c1C. The molecule has 1 aromatic carbocycles. The van der Waals surface area contributed by atoms with Gasteiger partial charge in [0.25, 0.3) is 10.0 Å². The van der Waals surface area contributed by atoms with Gasteiger partial charge < -0.3 is 5.73 Å². The van der Waals surface area contributed by atoms with Gasteiger partial charge in [0.15, 0.2) is 5.03 Å². The lowest BCUT2D eigenvalue weighted by atomic mass is 10.1. The largest absolute Gasteiger partial charge is 0.397 e. The number of nitrogens with two attached hydrogens (primary N) is 1. The van der Waals surface area contributed by atoms with Gasteiger partial charge >= 0.3 is 0 Å². The molecule has 96 valence electrons. The van der Waals surface area contributed by atoms with E-state index < -0.39 is 10.0 Å². The summed E-state index contributed by atoms with van der Waals surface area (Å²) in [6, 6.07) is 4.90. The van der Waals surface area contributed by atoms with Crippen LogP contribution in [0.1, 0.15) is 11.1 Å². The van der Waals surface area contributed by atoms with Crippen LogP contribution >= 0.6 is 0 Å². The van der Waals surface area contributed by atoms with Gasteiger partial charge in [-0.15, -0.1) is 0 Å². The summed E-state index contributed by atoms with van der Waals surface area (Å²) < 4.78 is 26.6. The molecule has 0 atom stereocenters. The van der Waals surface area contributed by atoms with Crippen molar-refractivity contribution in [2.24, 2.45) is 0 Å². The molecule has 0 aliphatic carbocycles. The Morgan fingerprint density at radius 2 is 2.00 bits per heavy atom. The number of H-pyrrole nitrogens is 1. The zero-order chi connectivity index (χ0) is 13.3. The van der Waals surface area contributed by atoms with Gasteiger partial charge in [-0.25, -0.2) is 0 Å². The predicted octanol–water partition coefficient (Wildman–Crippen LogP) is 1.41. The third-order valence-electron chi connectivity index (χ3n) is 2.77. The summed E-state index contributed by atoms with van der Waals surface area (Å²) in [7, 11) is -3.68. The Hall–Kier alpha value is -2.02. The molecule has 6 nitrogen and oxygen atoms in total. The summed E-state index contributed by atoms with van der Waals surface area (Å²) in [5, 5.41) is 6.03. The number of aromatic nitrogens is 2. The molecule has 18 heavy (non-hydrogen) atoms. The third kappa shape index (κ3) is 2.17. The minimum absolute atomic E-state index is 0.00260. The van der Waals surface area contributed by atoms with E-state index in [4.69, 9.17) is 5.73 Å². The number of nitrogen functional groups attached to an aromatic ring is 1. The number of hydrogen-bond donors (Lipinski definition) is 3. The smallest absolute Gasteiger partial charge is 0.278 e. The molecule has 0 aliphatic heterocycles. The molecular formula is C11H14N4O2S. The normalized spacial score (nSPS) is 11.4. The van der Waals surface area contributed by atoms with E-state index in [0.29, 0.717) is 11.4 Å². The second-order valence-electron chi connectivity index (χ2n) is 4.00. The van der Waals surface area contributed by atoms with Crippen LogP contribution in [0.3, 0.4) is 0 Å². The quantitative estimate of drug-likeness (QED) is 0.731. The fourth-order valence-electron chi connectivity index (χ4n) is 1.55. The van der Waals surface area contributed by atoms with Gasteiger partial charge in [0, 0.05) is 0 Å². The van der Waals surface area contributed by atoms with Crippen molar-refractivity contribution in [1.29, 1.82) is 0 Å². The zero-order valence-electron chi connectivity index (χ0n) is 10.1. The van der Waals surface area contributed by atoms with Crippen molar-refractivity contribution in [2.75, 3.05) is 10.5 Å². The van der Waals surface area contributed by atoms with Gasteiger partial charge in [0.1, 0.15) is 0 Å². The molecule has 0 unspecified atom stereocenters. The monoisotopic (exact) mass is 266 g/mol.